The van der Waals surface area contributed by atoms with Crippen molar-refractivity contribution in [3.05, 3.63) is 12.2 Å². The van der Waals surface area contributed by atoms with Crippen molar-refractivity contribution in [2.75, 3.05) is 7.05 Å². The van der Waals surface area contributed by atoms with Crippen molar-refractivity contribution in [2.24, 2.45) is 17.8 Å². The first-order valence-electron chi connectivity index (χ1n) is 12.0. The second-order valence-corrected chi connectivity index (χ2v) is 11.8. The van der Waals surface area contributed by atoms with Crippen molar-refractivity contribution in [1.82, 2.24) is 15.5 Å². The summed E-state index contributed by atoms with van der Waals surface area (Å²) in [6.45, 7) is 12.2. The molecule has 6 nitrogen and oxygen atoms in total. The predicted molar refractivity (Wildman–Crippen MR) is 124 cm³/mol. The van der Waals surface area contributed by atoms with E-state index in [1.165, 1.54) is 25.7 Å². The Kier molecular flexibility index (Phi) is 7.09. The van der Waals surface area contributed by atoms with Gasteiger partial charge in [0, 0.05) is 24.0 Å². The van der Waals surface area contributed by atoms with E-state index in [0.29, 0.717) is 41.8 Å². The van der Waals surface area contributed by atoms with Crippen LogP contribution in [-0.2, 0) is 9.53 Å². The van der Waals surface area contributed by atoms with Crippen LogP contribution in [0.1, 0.15) is 80.1 Å². The van der Waals surface area contributed by atoms with Crippen LogP contribution >= 0.6 is 0 Å². The lowest BCUT2D eigenvalue weighted by Gasteiger charge is -2.63. The number of nitrogens with zero attached hydrogens (tertiary/aromatic N) is 1. The van der Waals surface area contributed by atoms with E-state index in [4.69, 9.17) is 4.74 Å². The second kappa shape index (κ2) is 9.13. The highest BCUT2D eigenvalue weighted by molar-refractivity contribution is 5.78. The van der Waals surface area contributed by atoms with Gasteiger partial charge in [-0.2, -0.15) is 0 Å². The zero-order valence-corrected chi connectivity index (χ0v) is 20.5. The van der Waals surface area contributed by atoms with E-state index in [0.717, 1.165) is 6.42 Å². The summed E-state index contributed by atoms with van der Waals surface area (Å²) in [5.74, 6) is 1.72. The van der Waals surface area contributed by atoms with Crippen LogP contribution in [0, 0.1) is 17.8 Å². The molecule has 0 aromatic rings. The van der Waals surface area contributed by atoms with Crippen LogP contribution in [0.3, 0.4) is 0 Å². The molecule has 0 aromatic heterocycles. The van der Waals surface area contributed by atoms with Crippen LogP contribution in [-0.4, -0.2) is 53.2 Å². The third-order valence-electron chi connectivity index (χ3n) is 7.40. The number of amides is 2. The maximum atomic E-state index is 12.7. The quantitative estimate of drug-likeness (QED) is 0.589. The minimum Gasteiger partial charge on any atom is -0.444 e. The number of carbonyl (C=O) groups excluding carboxylic acids is 2. The van der Waals surface area contributed by atoms with E-state index in [2.05, 4.69) is 43.4 Å². The van der Waals surface area contributed by atoms with Crippen LogP contribution in [0.2, 0.25) is 0 Å². The van der Waals surface area contributed by atoms with E-state index >= 15 is 0 Å². The Morgan fingerprint density at radius 1 is 1.19 bits per heavy atom. The van der Waals surface area contributed by atoms with Crippen LogP contribution < -0.4 is 10.6 Å². The molecule has 2 amide bonds. The highest BCUT2D eigenvalue weighted by Gasteiger charge is 2.56. The molecule has 2 heterocycles. The van der Waals surface area contributed by atoms with E-state index in [1.807, 2.05) is 32.9 Å². The minimum atomic E-state index is -0.527. The fraction of sp³-hybridized carbons (Fsp3) is 0.840. The number of carbonyl (C=O) groups is 2. The van der Waals surface area contributed by atoms with Gasteiger partial charge in [0.15, 0.2) is 0 Å². The van der Waals surface area contributed by atoms with E-state index in [-0.39, 0.29) is 11.9 Å². The molecule has 2 N–H and O–H groups in total. The second-order valence-electron chi connectivity index (χ2n) is 11.8. The molecule has 2 unspecified atom stereocenters. The highest BCUT2D eigenvalue weighted by Crippen LogP contribution is 2.53. The Bertz CT molecular complexity index is 681. The smallest absolute Gasteiger partial charge is 0.408 e. The lowest BCUT2D eigenvalue weighted by atomic mass is 9.56. The van der Waals surface area contributed by atoms with Gasteiger partial charge in [0.2, 0.25) is 5.91 Å². The standard InChI is InChI=1S/C25H43N3O3/c1-16(2)11-19(26-23(30)31-24(3,4)5)9-8-10-21(29)27-22-17-12-20-13-18(22)15-25(6,14-17)28(20)7/h8-9,16-20,22H,10-15H2,1-7H3,(H,26,30)(H,27,29)/b9-8+/t17-,18+,19-,20?,22?,25+/m1/s1. The molecule has 4 fully saturated rings. The molecule has 2 aliphatic carbocycles. The van der Waals surface area contributed by atoms with Gasteiger partial charge in [0.05, 0.1) is 6.04 Å². The van der Waals surface area contributed by atoms with Crippen molar-refractivity contribution in [1.29, 1.82) is 0 Å². The van der Waals surface area contributed by atoms with Crippen molar-refractivity contribution in [3.63, 3.8) is 0 Å². The van der Waals surface area contributed by atoms with Crippen molar-refractivity contribution in [3.8, 4) is 0 Å². The molecule has 0 aromatic carbocycles. The van der Waals surface area contributed by atoms with E-state index in [9.17, 15) is 9.59 Å². The lowest BCUT2D eigenvalue weighted by molar-refractivity contribution is -0.134. The Hall–Kier alpha value is -1.56. The molecule has 4 aliphatic rings. The number of alkyl carbamates (subject to hydrolysis) is 1. The molecule has 2 aliphatic heterocycles. The molecule has 2 saturated heterocycles. The fourth-order valence-corrected chi connectivity index (χ4v) is 6.12. The molecule has 4 bridgehead atoms. The van der Waals surface area contributed by atoms with Gasteiger partial charge in [-0.15, -0.1) is 0 Å². The number of hydrogen-bond donors (Lipinski definition) is 2. The first-order valence-corrected chi connectivity index (χ1v) is 12.0. The molecule has 4 rings (SSSR count). The Morgan fingerprint density at radius 2 is 1.81 bits per heavy atom. The molecular formula is C25H43N3O3. The third kappa shape index (κ3) is 6.03. The van der Waals surface area contributed by atoms with Gasteiger partial charge in [0.25, 0.3) is 0 Å². The highest BCUT2D eigenvalue weighted by atomic mass is 16.6. The summed E-state index contributed by atoms with van der Waals surface area (Å²) in [7, 11) is 2.28. The van der Waals surface area contributed by atoms with Crippen molar-refractivity contribution < 1.29 is 14.3 Å². The topological polar surface area (TPSA) is 70.7 Å². The lowest BCUT2D eigenvalue weighted by Crippen LogP contribution is -2.69. The summed E-state index contributed by atoms with van der Waals surface area (Å²) in [6.07, 6.45) is 9.36. The number of piperidine rings is 2. The Labute approximate surface area is 188 Å². The molecular weight excluding hydrogens is 390 g/mol. The summed E-state index contributed by atoms with van der Waals surface area (Å²) < 4.78 is 5.38. The zero-order valence-electron chi connectivity index (χ0n) is 20.5. The summed E-state index contributed by atoms with van der Waals surface area (Å²) in [6, 6.07) is 0.871. The van der Waals surface area contributed by atoms with Gasteiger partial charge >= 0.3 is 6.09 Å². The number of nitrogens with one attached hydrogen (secondary N) is 2. The van der Waals surface area contributed by atoms with Crippen molar-refractivity contribution >= 4 is 12.0 Å². The molecule has 6 heteroatoms. The molecule has 6 atom stereocenters. The van der Waals surface area contributed by atoms with Gasteiger partial charge in [-0.1, -0.05) is 26.0 Å². The SMILES string of the molecule is CC(C)C[C@@H](/C=C/CC(=O)NC1[C@@H]2CC3C[C@H]1C[C@](C)(C2)N3C)NC(=O)OC(C)(C)C. The molecule has 31 heavy (non-hydrogen) atoms. The van der Waals surface area contributed by atoms with Gasteiger partial charge in [-0.05, 0) is 84.6 Å². The number of rotatable bonds is 7. The van der Waals surface area contributed by atoms with E-state index < -0.39 is 11.7 Å². The van der Waals surface area contributed by atoms with Crippen LogP contribution in [0.5, 0.6) is 0 Å². The average molecular weight is 434 g/mol. The monoisotopic (exact) mass is 433 g/mol. The summed E-state index contributed by atoms with van der Waals surface area (Å²) >= 11 is 0. The summed E-state index contributed by atoms with van der Waals surface area (Å²) in [4.78, 5) is 27.4. The minimum absolute atomic E-state index is 0.0906. The largest absolute Gasteiger partial charge is 0.444 e. The van der Waals surface area contributed by atoms with Gasteiger partial charge in [0.1, 0.15) is 5.60 Å². The summed E-state index contributed by atoms with van der Waals surface area (Å²) in [5, 5.41) is 6.29. The average Bonchev–Trinajstić information content (AvgIpc) is 2.58. The van der Waals surface area contributed by atoms with Gasteiger partial charge in [-0.3, -0.25) is 9.69 Å². The number of hydrogen-bond acceptors (Lipinski definition) is 4. The first-order chi connectivity index (χ1) is 14.4. The van der Waals surface area contributed by atoms with Crippen LogP contribution in [0.15, 0.2) is 12.2 Å². The maximum Gasteiger partial charge on any atom is 0.408 e. The Balaban J connectivity index is 1.51. The maximum absolute atomic E-state index is 12.7. The first kappa shape index (κ1) is 24.1. The summed E-state index contributed by atoms with van der Waals surface area (Å²) in [5.41, 5.74) is -0.213. The van der Waals surface area contributed by atoms with Crippen LogP contribution in [0.4, 0.5) is 4.79 Å². The Morgan fingerprint density at radius 3 is 2.32 bits per heavy atom. The molecule has 0 radical (unpaired) electrons. The normalized spacial score (nSPS) is 33.7. The predicted octanol–water partition coefficient (Wildman–Crippen LogP) is 4.25. The zero-order chi connectivity index (χ0) is 23.0. The van der Waals surface area contributed by atoms with Crippen LogP contribution in [0.25, 0.3) is 0 Å². The molecule has 2 saturated carbocycles. The third-order valence-corrected chi connectivity index (χ3v) is 7.40. The fourth-order valence-electron chi connectivity index (χ4n) is 6.12. The molecule has 176 valence electrons. The van der Waals surface area contributed by atoms with Crippen molar-refractivity contribution in [2.45, 2.75) is 109 Å². The van der Waals surface area contributed by atoms with Gasteiger partial charge in [-0.25, -0.2) is 4.79 Å². The van der Waals surface area contributed by atoms with E-state index in [1.54, 1.807) is 0 Å². The van der Waals surface area contributed by atoms with Gasteiger partial charge < -0.3 is 15.4 Å². The number of ether oxygens (including phenoxy) is 1. The molecule has 0 spiro atoms.